The number of benzene rings is 1. The first-order chi connectivity index (χ1) is 10.0. The molecule has 2 heterocycles. The number of aromatic nitrogens is 3. The van der Waals surface area contributed by atoms with Crippen LogP contribution in [0.4, 0.5) is 13.2 Å². The molecule has 0 spiro atoms. The second-order valence-corrected chi connectivity index (χ2v) is 4.99. The molecule has 0 radical (unpaired) electrons. The smallest absolute Gasteiger partial charge is 0.308 e. The molecular weight excluding hydrogens is 281 g/mol. The Bertz CT molecular complexity index is 648. The highest BCUT2D eigenvalue weighted by molar-refractivity contribution is 5.61. The summed E-state index contributed by atoms with van der Waals surface area (Å²) < 4.78 is 41.2. The number of nitrogens with zero attached hydrogens (tertiary/aromatic N) is 3. The van der Waals surface area contributed by atoms with Crippen LogP contribution in [0.15, 0.2) is 24.3 Å². The maximum Gasteiger partial charge on any atom is 0.417 e. The lowest BCUT2D eigenvalue weighted by atomic mass is 10.1. The zero-order valence-electron chi connectivity index (χ0n) is 11.5. The largest absolute Gasteiger partial charge is 0.417 e. The molecule has 3 rings (SSSR count). The van der Waals surface area contributed by atoms with Gasteiger partial charge in [0, 0.05) is 18.7 Å². The summed E-state index contributed by atoms with van der Waals surface area (Å²) in [4.78, 5) is 0. The van der Waals surface area contributed by atoms with Crippen molar-refractivity contribution in [3.8, 4) is 11.4 Å². The number of halogens is 3. The van der Waals surface area contributed by atoms with Gasteiger partial charge in [0.1, 0.15) is 0 Å². The Morgan fingerprint density at radius 1 is 1.29 bits per heavy atom. The number of hydrogen-bond acceptors (Lipinski definition) is 3. The lowest BCUT2D eigenvalue weighted by Crippen LogP contribution is -2.33. The molecule has 112 valence electrons. The molecule has 1 aliphatic heterocycles. The van der Waals surface area contributed by atoms with Gasteiger partial charge in [-0.25, -0.2) is 0 Å². The van der Waals surface area contributed by atoms with Crippen LogP contribution in [0, 0.1) is 0 Å². The first-order valence-electron chi connectivity index (χ1n) is 6.85. The molecule has 1 unspecified atom stereocenters. The Kier molecular flexibility index (Phi) is 3.44. The van der Waals surface area contributed by atoms with Crippen molar-refractivity contribution >= 4 is 0 Å². The summed E-state index contributed by atoms with van der Waals surface area (Å²) in [6, 6.07) is 5.54. The fourth-order valence-electron chi connectivity index (χ4n) is 2.69. The van der Waals surface area contributed by atoms with E-state index in [1.165, 1.54) is 12.1 Å². The van der Waals surface area contributed by atoms with Crippen LogP contribution in [-0.4, -0.2) is 21.3 Å². The Balaban J connectivity index is 2.13. The van der Waals surface area contributed by atoms with Crippen LogP contribution in [-0.2, 0) is 12.7 Å². The van der Waals surface area contributed by atoms with E-state index in [0.717, 1.165) is 12.5 Å². The van der Waals surface area contributed by atoms with Crippen molar-refractivity contribution < 1.29 is 13.2 Å². The van der Waals surface area contributed by atoms with Crippen molar-refractivity contribution in [1.82, 2.24) is 20.1 Å². The van der Waals surface area contributed by atoms with Crippen LogP contribution in [0.25, 0.3) is 11.4 Å². The summed E-state index contributed by atoms with van der Waals surface area (Å²) in [6.07, 6.45) is -3.58. The van der Waals surface area contributed by atoms with Gasteiger partial charge in [0.25, 0.3) is 0 Å². The van der Waals surface area contributed by atoms with Gasteiger partial charge in [0.15, 0.2) is 11.6 Å². The Morgan fingerprint density at radius 2 is 2.05 bits per heavy atom. The van der Waals surface area contributed by atoms with Gasteiger partial charge in [-0.05, 0) is 12.5 Å². The first-order valence-corrected chi connectivity index (χ1v) is 6.85. The molecule has 1 aromatic carbocycles. The van der Waals surface area contributed by atoms with Gasteiger partial charge in [-0.2, -0.15) is 13.2 Å². The lowest BCUT2D eigenvalue weighted by Gasteiger charge is -2.24. The molecule has 1 aliphatic rings. The highest BCUT2D eigenvalue weighted by Gasteiger charge is 2.35. The normalized spacial score (nSPS) is 18.6. The van der Waals surface area contributed by atoms with Crippen LogP contribution in [0.3, 0.4) is 0 Å². The molecule has 0 bridgehead atoms. The van der Waals surface area contributed by atoms with Gasteiger partial charge in [-0.1, -0.05) is 25.1 Å². The minimum absolute atomic E-state index is 0.0399. The van der Waals surface area contributed by atoms with Crippen molar-refractivity contribution in [3.05, 3.63) is 35.7 Å². The lowest BCUT2D eigenvalue weighted by molar-refractivity contribution is -0.137. The van der Waals surface area contributed by atoms with Crippen LogP contribution in [0.1, 0.15) is 30.8 Å². The maximum absolute atomic E-state index is 13.1. The van der Waals surface area contributed by atoms with Crippen molar-refractivity contribution in [2.45, 2.75) is 32.1 Å². The summed E-state index contributed by atoms with van der Waals surface area (Å²) in [5.41, 5.74) is -0.590. The summed E-state index contributed by atoms with van der Waals surface area (Å²) in [5.74, 6) is 0.994. The van der Waals surface area contributed by atoms with Crippen LogP contribution in [0.5, 0.6) is 0 Å². The van der Waals surface area contributed by atoms with Crippen molar-refractivity contribution in [2.24, 2.45) is 0 Å². The van der Waals surface area contributed by atoms with Crippen LogP contribution in [0.2, 0.25) is 0 Å². The highest BCUT2D eigenvalue weighted by atomic mass is 19.4. The summed E-state index contributed by atoms with van der Waals surface area (Å²) in [5, 5.41) is 11.4. The van der Waals surface area contributed by atoms with E-state index in [1.807, 2.05) is 6.92 Å². The fraction of sp³-hybridized carbons (Fsp3) is 0.429. The highest BCUT2D eigenvalue weighted by Crippen LogP contribution is 2.37. The number of nitrogens with one attached hydrogen (secondary N) is 1. The molecule has 4 nitrogen and oxygen atoms in total. The van der Waals surface area contributed by atoms with E-state index in [1.54, 1.807) is 10.6 Å². The standard InChI is InChI=1S/C14H15F3N4/c1-2-11-13-20-19-12(21(13)8-7-18-11)9-5-3-4-6-10(9)14(15,16)17/h3-6,11,18H,2,7-8H2,1H3. The molecule has 1 aromatic heterocycles. The molecule has 0 saturated carbocycles. The third-order valence-corrected chi connectivity index (χ3v) is 3.70. The van der Waals surface area contributed by atoms with Gasteiger partial charge in [0.05, 0.1) is 11.6 Å². The zero-order valence-corrected chi connectivity index (χ0v) is 11.5. The molecule has 1 N–H and O–H groups in total. The van der Waals surface area contributed by atoms with Gasteiger partial charge < -0.3 is 9.88 Å². The summed E-state index contributed by atoms with van der Waals surface area (Å²) >= 11 is 0. The first kappa shape index (κ1) is 14.1. The molecular formula is C14H15F3N4. The molecule has 0 fully saturated rings. The molecule has 0 saturated heterocycles. The van der Waals surface area contributed by atoms with Gasteiger partial charge in [-0.15, -0.1) is 10.2 Å². The minimum Gasteiger partial charge on any atom is -0.308 e. The summed E-state index contributed by atoms with van der Waals surface area (Å²) in [6.45, 7) is 3.27. The van der Waals surface area contributed by atoms with Crippen LogP contribution >= 0.6 is 0 Å². The minimum atomic E-state index is -4.40. The van der Waals surface area contributed by atoms with Crippen LogP contribution < -0.4 is 5.32 Å². The number of fused-ring (bicyclic) bond motifs is 1. The van der Waals surface area contributed by atoms with E-state index >= 15 is 0 Å². The summed E-state index contributed by atoms with van der Waals surface area (Å²) in [7, 11) is 0. The molecule has 0 amide bonds. The van der Waals surface area contributed by atoms with Gasteiger partial charge in [-0.3, -0.25) is 0 Å². The van der Waals surface area contributed by atoms with Crippen molar-refractivity contribution in [1.29, 1.82) is 0 Å². The maximum atomic E-state index is 13.1. The van der Waals surface area contributed by atoms with Crippen molar-refractivity contribution in [3.63, 3.8) is 0 Å². The third-order valence-electron chi connectivity index (χ3n) is 3.70. The SMILES string of the molecule is CCC1NCCn2c(-c3ccccc3C(F)(F)F)nnc21. The van der Waals surface area contributed by atoms with E-state index in [4.69, 9.17) is 0 Å². The number of rotatable bonds is 2. The monoisotopic (exact) mass is 296 g/mol. The number of hydrogen-bond donors (Lipinski definition) is 1. The molecule has 2 aromatic rings. The molecule has 0 aliphatic carbocycles. The quantitative estimate of drug-likeness (QED) is 0.926. The topological polar surface area (TPSA) is 42.7 Å². The number of alkyl halides is 3. The average Bonchev–Trinajstić information content (AvgIpc) is 2.90. The second kappa shape index (κ2) is 5.14. The Labute approximate surface area is 120 Å². The van der Waals surface area contributed by atoms with E-state index in [-0.39, 0.29) is 17.4 Å². The third kappa shape index (κ3) is 2.42. The van der Waals surface area contributed by atoms with Crippen molar-refractivity contribution in [2.75, 3.05) is 6.54 Å². The average molecular weight is 296 g/mol. The van der Waals surface area contributed by atoms with Gasteiger partial charge >= 0.3 is 6.18 Å². The molecule has 7 heteroatoms. The van der Waals surface area contributed by atoms with E-state index in [2.05, 4.69) is 15.5 Å². The molecule has 21 heavy (non-hydrogen) atoms. The molecule has 1 atom stereocenters. The Hall–Kier alpha value is -1.89. The Morgan fingerprint density at radius 3 is 2.76 bits per heavy atom. The second-order valence-electron chi connectivity index (χ2n) is 4.99. The predicted octanol–water partition coefficient (Wildman–Crippen LogP) is 3.02. The van der Waals surface area contributed by atoms with E-state index in [0.29, 0.717) is 18.9 Å². The zero-order chi connectivity index (χ0) is 15.0. The van der Waals surface area contributed by atoms with E-state index < -0.39 is 11.7 Å². The fourth-order valence-corrected chi connectivity index (χ4v) is 2.69. The predicted molar refractivity (Wildman–Crippen MR) is 71.5 cm³/mol. The van der Waals surface area contributed by atoms with Gasteiger partial charge in [0.2, 0.25) is 0 Å². The van der Waals surface area contributed by atoms with E-state index in [9.17, 15) is 13.2 Å².